The lowest BCUT2D eigenvalue weighted by Crippen LogP contribution is -2.31. The molecule has 1 aliphatic rings. The van der Waals surface area contributed by atoms with E-state index in [1.807, 2.05) is 48.8 Å². The lowest BCUT2D eigenvalue weighted by molar-refractivity contribution is 0.920. The molecule has 3 aromatic carbocycles. The zero-order chi connectivity index (χ0) is 22.2. The number of hydrogen-bond acceptors (Lipinski definition) is 3. The highest BCUT2D eigenvalue weighted by atomic mass is 79.9. The SMILES string of the molecule is Brc1cccc2c1c1c(n2-c2ncc(N(c3ccccc3)c3ccccc3)cn2)=CCCC=1. The van der Waals surface area contributed by atoms with E-state index in [1.165, 1.54) is 16.0 Å². The molecule has 5 aromatic rings. The van der Waals surface area contributed by atoms with Crippen molar-refractivity contribution in [3.63, 3.8) is 0 Å². The Kier molecular flexibility index (Phi) is 5.04. The monoisotopic (exact) mass is 492 g/mol. The fourth-order valence-electron chi connectivity index (χ4n) is 4.56. The number of hydrogen-bond donors (Lipinski definition) is 0. The minimum atomic E-state index is 0.677. The summed E-state index contributed by atoms with van der Waals surface area (Å²) in [5, 5.41) is 3.64. The van der Waals surface area contributed by atoms with Crippen LogP contribution in [0.15, 0.2) is 95.7 Å². The molecule has 2 heterocycles. The Morgan fingerprint density at radius 1 is 0.697 bits per heavy atom. The van der Waals surface area contributed by atoms with Crippen LogP contribution in [-0.2, 0) is 0 Å². The van der Waals surface area contributed by atoms with E-state index in [1.54, 1.807) is 0 Å². The Hall–Kier alpha value is -3.70. The van der Waals surface area contributed by atoms with E-state index in [9.17, 15) is 0 Å². The highest BCUT2D eigenvalue weighted by Gasteiger charge is 2.17. The van der Waals surface area contributed by atoms with E-state index < -0.39 is 0 Å². The molecule has 0 unspecified atom stereocenters. The van der Waals surface area contributed by atoms with Gasteiger partial charge in [-0.25, -0.2) is 9.97 Å². The molecule has 0 N–H and O–H groups in total. The van der Waals surface area contributed by atoms with Crippen LogP contribution in [0.4, 0.5) is 17.1 Å². The van der Waals surface area contributed by atoms with E-state index >= 15 is 0 Å². The average Bonchev–Trinajstić information content (AvgIpc) is 3.22. The van der Waals surface area contributed by atoms with Crippen LogP contribution in [0.3, 0.4) is 0 Å². The lowest BCUT2D eigenvalue weighted by Gasteiger charge is -2.24. The first-order valence-corrected chi connectivity index (χ1v) is 11.8. The maximum Gasteiger partial charge on any atom is 0.234 e. The minimum absolute atomic E-state index is 0.677. The molecule has 33 heavy (non-hydrogen) atoms. The van der Waals surface area contributed by atoms with Crippen molar-refractivity contribution in [1.29, 1.82) is 0 Å². The first-order valence-electron chi connectivity index (χ1n) is 11.0. The Morgan fingerprint density at radius 3 is 2.00 bits per heavy atom. The van der Waals surface area contributed by atoms with Gasteiger partial charge in [-0.1, -0.05) is 70.5 Å². The second kappa shape index (κ2) is 8.34. The predicted molar refractivity (Wildman–Crippen MR) is 139 cm³/mol. The summed E-state index contributed by atoms with van der Waals surface area (Å²) in [6, 6.07) is 26.9. The molecule has 0 atom stereocenters. The van der Waals surface area contributed by atoms with Crippen molar-refractivity contribution >= 4 is 56.0 Å². The fraction of sp³-hybridized carbons (Fsp3) is 0.0714. The smallest absolute Gasteiger partial charge is 0.234 e. The first kappa shape index (κ1) is 19.9. The summed E-state index contributed by atoms with van der Waals surface area (Å²) >= 11 is 3.75. The molecule has 6 rings (SSSR count). The van der Waals surface area contributed by atoms with Crippen LogP contribution in [-0.4, -0.2) is 14.5 Å². The molecule has 0 spiro atoms. The van der Waals surface area contributed by atoms with Gasteiger partial charge in [-0.05, 0) is 49.2 Å². The van der Waals surface area contributed by atoms with Crippen molar-refractivity contribution in [2.75, 3.05) is 4.90 Å². The molecule has 0 fully saturated rings. The van der Waals surface area contributed by atoms with E-state index in [4.69, 9.17) is 9.97 Å². The average molecular weight is 493 g/mol. The van der Waals surface area contributed by atoms with Crippen molar-refractivity contribution < 1.29 is 0 Å². The van der Waals surface area contributed by atoms with Crippen LogP contribution in [0.1, 0.15) is 12.8 Å². The van der Waals surface area contributed by atoms with Crippen LogP contribution in [0.5, 0.6) is 0 Å². The van der Waals surface area contributed by atoms with Gasteiger partial charge in [0, 0.05) is 26.5 Å². The van der Waals surface area contributed by atoms with E-state index in [0.717, 1.165) is 39.9 Å². The summed E-state index contributed by atoms with van der Waals surface area (Å²) in [6.07, 6.45) is 10.5. The molecule has 0 radical (unpaired) electrons. The third-order valence-electron chi connectivity index (χ3n) is 5.98. The maximum absolute atomic E-state index is 4.84. The number of aromatic nitrogens is 3. The molecule has 2 aromatic heterocycles. The Labute approximate surface area is 200 Å². The van der Waals surface area contributed by atoms with Gasteiger partial charge in [-0.2, -0.15) is 0 Å². The van der Waals surface area contributed by atoms with Gasteiger partial charge in [-0.3, -0.25) is 4.57 Å². The summed E-state index contributed by atoms with van der Waals surface area (Å²) in [5.74, 6) is 0.677. The van der Waals surface area contributed by atoms with Gasteiger partial charge >= 0.3 is 0 Å². The third-order valence-corrected chi connectivity index (χ3v) is 6.64. The lowest BCUT2D eigenvalue weighted by atomic mass is 10.1. The van der Waals surface area contributed by atoms with E-state index in [-0.39, 0.29) is 0 Å². The van der Waals surface area contributed by atoms with Crippen molar-refractivity contribution in [2.45, 2.75) is 12.8 Å². The zero-order valence-electron chi connectivity index (χ0n) is 17.9. The summed E-state index contributed by atoms with van der Waals surface area (Å²) < 4.78 is 3.27. The van der Waals surface area contributed by atoms with Crippen molar-refractivity contribution in [3.05, 3.63) is 106 Å². The zero-order valence-corrected chi connectivity index (χ0v) is 19.5. The molecular formula is C28H21BrN4. The minimum Gasteiger partial charge on any atom is -0.308 e. The van der Waals surface area contributed by atoms with Crippen LogP contribution >= 0.6 is 15.9 Å². The standard InChI is InChI=1S/C28H21BrN4/c29-24-15-9-17-26-27(24)23-14-7-8-16-25(23)33(26)28-30-18-22(19-31-28)32(20-10-3-1-4-11-20)21-12-5-2-6-13-21/h1-6,9-19H,7-8H2. The molecule has 1 aliphatic carbocycles. The summed E-state index contributed by atoms with van der Waals surface area (Å²) in [7, 11) is 0. The van der Waals surface area contributed by atoms with Gasteiger partial charge in [0.15, 0.2) is 0 Å². The van der Waals surface area contributed by atoms with Crippen LogP contribution in [0, 0.1) is 0 Å². The number of anilines is 3. The molecule has 0 bridgehead atoms. The van der Waals surface area contributed by atoms with E-state index in [2.05, 4.69) is 80.0 Å². The Balaban J connectivity index is 1.51. The third kappa shape index (κ3) is 3.45. The van der Waals surface area contributed by atoms with Gasteiger partial charge in [0.2, 0.25) is 5.95 Å². The maximum atomic E-state index is 4.84. The summed E-state index contributed by atoms with van der Waals surface area (Å²) in [4.78, 5) is 11.9. The van der Waals surface area contributed by atoms with Crippen LogP contribution in [0.25, 0.3) is 29.0 Å². The first-order chi connectivity index (χ1) is 16.3. The largest absolute Gasteiger partial charge is 0.308 e. The van der Waals surface area contributed by atoms with Gasteiger partial charge in [0.25, 0.3) is 0 Å². The quantitative estimate of drug-likeness (QED) is 0.308. The second-order valence-electron chi connectivity index (χ2n) is 8.00. The molecule has 0 amide bonds. The Bertz CT molecular complexity index is 1520. The molecule has 0 saturated heterocycles. The summed E-state index contributed by atoms with van der Waals surface area (Å²) in [6.45, 7) is 0. The van der Waals surface area contributed by atoms with Gasteiger partial charge in [-0.15, -0.1) is 0 Å². The van der Waals surface area contributed by atoms with E-state index in [0.29, 0.717) is 5.95 Å². The van der Waals surface area contributed by atoms with Gasteiger partial charge in [0.05, 0.1) is 28.9 Å². The normalized spacial score (nSPS) is 12.6. The summed E-state index contributed by atoms with van der Waals surface area (Å²) in [5.41, 5.74) is 4.16. The molecule has 5 heteroatoms. The number of benzene rings is 3. The second-order valence-corrected chi connectivity index (χ2v) is 8.86. The Morgan fingerprint density at radius 2 is 1.33 bits per heavy atom. The molecule has 0 saturated carbocycles. The molecule has 0 aliphatic heterocycles. The number of rotatable bonds is 4. The number of nitrogens with zero attached hydrogens (tertiary/aromatic N) is 4. The van der Waals surface area contributed by atoms with Crippen molar-refractivity contribution in [3.8, 4) is 5.95 Å². The van der Waals surface area contributed by atoms with Gasteiger partial charge < -0.3 is 4.90 Å². The highest BCUT2D eigenvalue weighted by molar-refractivity contribution is 9.10. The van der Waals surface area contributed by atoms with Crippen molar-refractivity contribution in [2.24, 2.45) is 0 Å². The molecule has 4 nitrogen and oxygen atoms in total. The van der Waals surface area contributed by atoms with Crippen LogP contribution in [0.2, 0.25) is 0 Å². The number of fused-ring (bicyclic) bond motifs is 3. The van der Waals surface area contributed by atoms with Gasteiger partial charge in [0.1, 0.15) is 0 Å². The highest BCUT2D eigenvalue weighted by Crippen LogP contribution is 2.33. The predicted octanol–water partition coefficient (Wildman–Crippen LogP) is 6.01. The number of para-hydroxylation sites is 2. The molecular weight excluding hydrogens is 472 g/mol. The van der Waals surface area contributed by atoms with Crippen molar-refractivity contribution in [1.82, 2.24) is 14.5 Å². The van der Waals surface area contributed by atoms with Crippen LogP contribution < -0.4 is 15.5 Å². The fourth-order valence-corrected chi connectivity index (χ4v) is 5.13. The topological polar surface area (TPSA) is 34.0 Å². The number of halogens is 1. The molecule has 160 valence electrons.